The van der Waals surface area contributed by atoms with E-state index in [1.807, 2.05) is 0 Å². The van der Waals surface area contributed by atoms with E-state index in [1.165, 1.54) is 32.1 Å². The van der Waals surface area contributed by atoms with Gasteiger partial charge in [-0.3, -0.25) is 4.79 Å². The van der Waals surface area contributed by atoms with Crippen LogP contribution in [0.25, 0.3) is 0 Å². The molecule has 0 bridgehead atoms. The van der Waals surface area contributed by atoms with Gasteiger partial charge < -0.3 is 4.43 Å². The van der Waals surface area contributed by atoms with Gasteiger partial charge in [0.2, 0.25) is 8.32 Å². The Kier molecular flexibility index (Phi) is 10.8. The molecule has 22 heavy (non-hydrogen) atoms. The zero-order valence-corrected chi connectivity index (χ0v) is 15.2. The van der Waals surface area contributed by atoms with Crippen molar-refractivity contribution in [2.75, 3.05) is 0 Å². The van der Waals surface area contributed by atoms with E-state index in [0.29, 0.717) is 6.42 Å². The summed E-state index contributed by atoms with van der Waals surface area (Å²) in [6, 6.07) is -0.0559. The van der Waals surface area contributed by atoms with Crippen molar-refractivity contribution in [1.29, 1.82) is 0 Å². The quantitative estimate of drug-likeness (QED) is 0.311. The maximum Gasteiger partial charge on any atom is 0.388 e. The van der Waals surface area contributed by atoms with E-state index in [2.05, 4.69) is 6.92 Å². The van der Waals surface area contributed by atoms with E-state index in [9.17, 15) is 18.0 Å². The number of rotatable bonds is 12. The lowest BCUT2D eigenvalue weighted by atomic mass is 10.1. The smallest absolute Gasteiger partial charge is 0.388 e. The minimum absolute atomic E-state index is 0.0559. The monoisotopic (exact) mass is 340 g/mol. The Hall–Kier alpha value is -0.523. The molecule has 132 valence electrons. The maximum atomic E-state index is 12.2. The fourth-order valence-electron chi connectivity index (χ4n) is 2.26. The second-order valence-electron chi connectivity index (χ2n) is 6.57. The lowest BCUT2D eigenvalue weighted by Crippen LogP contribution is -2.34. The van der Waals surface area contributed by atoms with Gasteiger partial charge in [-0.1, -0.05) is 51.9 Å². The first-order chi connectivity index (χ1) is 10.2. The van der Waals surface area contributed by atoms with Crippen LogP contribution < -0.4 is 0 Å². The minimum Gasteiger partial charge on any atom is -0.520 e. The normalized spacial score (nSPS) is 12.5. The van der Waals surface area contributed by atoms with Gasteiger partial charge in [0.1, 0.15) is 0 Å². The third-order valence-electron chi connectivity index (χ3n) is 3.64. The van der Waals surface area contributed by atoms with Crippen LogP contribution in [-0.4, -0.2) is 20.5 Å². The summed E-state index contributed by atoms with van der Waals surface area (Å²) in [4.78, 5) is 11.7. The van der Waals surface area contributed by atoms with Crippen LogP contribution in [0.2, 0.25) is 19.1 Å². The lowest BCUT2D eigenvalue weighted by Gasteiger charge is -2.23. The van der Waals surface area contributed by atoms with Gasteiger partial charge >= 0.3 is 6.18 Å². The van der Waals surface area contributed by atoms with Crippen LogP contribution >= 0.6 is 0 Å². The van der Waals surface area contributed by atoms with E-state index in [1.54, 1.807) is 13.1 Å². The molecule has 6 heteroatoms. The van der Waals surface area contributed by atoms with Gasteiger partial charge in [-0.15, -0.1) is 0 Å². The molecule has 0 heterocycles. The van der Waals surface area contributed by atoms with Gasteiger partial charge in [-0.05, 0) is 25.6 Å². The molecular weight excluding hydrogens is 309 g/mol. The Morgan fingerprint density at radius 2 is 1.45 bits per heavy atom. The molecule has 0 aromatic heterocycles. The van der Waals surface area contributed by atoms with E-state index in [4.69, 9.17) is 4.43 Å². The third-order valence-corrected chi connectivity index (χ3v) is 5.87. The average molecular weight is 341 g/mol. The third kappa shape index (κ3) is 14.4. The molecule has 0 fully saturated rings. The van der Waals surface area contributed by atoms with Crippen LogP contribution in [0.3, 0.4) is 0 Å². The number of hydrogen-bond acceptors (Lipinski definition) is 2. The van der Waals surface area contributed by atoms with Gasteiger partial charge in [-0.2, -0.15) is 13.2 Å². The largest absolute Gasteiger partial charge is 0.520 e. The van der Waals surface area contributed by atoms with E-state index in [-0.39, 0.29) is 12.0 Å². The first-order valence-electron chi connectivity index (χ1n) is 8.45. The van der Waals surface area contributed by atoms with Crippen molar-refractivity contribution in [3.63, 3.8) is 0 Å². The molecule has 0 radical (unpaired) electrons. The Labute approximate surface area is 133 Å². The average Bonchev–Trinajstić information content (AvgIpc) is 2.38. The van der Waals surface area contributed by atoms with Gasteiger partial charge in [0.25, 0.3) is 5.97 Å². The van der Waals surface area contributed by atoms with Crippen molar-refractivity contribution in [2.24, 2.45) is 0 Å². The molecule has 0 saturated carbocycles. The minimum atomic E-state index is -4.17. The highest BCUT2D eigenvalue weighted by Gasteiger charge is 2.34. The van der Waals surface area contributed by atoms with Gasteiger partial charge in [0.15, 0.2) is 0 Å². The van der Waals surface area contributed by atoms with Crippen molar-refractivity contribution in [1.82, 2.24) is 0 Å². The van der Waals surface area contributed by atoms with Crippen LogP contribution in [0.1, 0.15) is 71.1 Å². The van der Waals surface area contributed by atoms with Crippen LogP contribution in [0.4, 0.5) is 13.2 Å². The molecule has 0 saturated heterocycles. The lowest BCUT2D eigenvalue weighted by molar-refractivity contribution is -0.137. The first-order valence-corrected chi connectivity index (χ1v) is 11.6. The number of carbonyl (C=O) groups excluding carboxylic acids is 1. The number of halogens is 3. The Morgan fingerprint density at radius 1 is 0.955 bits per heavy atom. The summed E-state index contributed by atoms with van der Waals surface area (Å²) >= 11 is 0. The van der Waals surface area contributed by atoms with Crippen LogP contribution in [0.15, 0.2) is 0 Å². The number of alkyl halides is 3. The summed E-state index contributed by atoms with van der Waals surface area (Å²) in [6.07, 6.45) is 4.41. The summed E-state index contributed by atoms with van der Waals surface area (Å²) in [5, 5.41) is 0. The maximum absolute atomic E-state index is 12.2. The SMILES string of the molecule is CCCCCCCCCCC(=O)O[Si](C)(C)CCC(F)(F)F. The Morgan fingerprint density at radius 3 is 1.95 bits per heavy atom. The van der Waals surface area contributed by atoms with Gasteiger partial charge in [0, 0.05) is 12.8 Å². The van der Waals surface area contributed by atoms with Crippen molar-refractivity contribution in [2.45, 2.75) is 96.4 Å². The second-order valence-corrected chi connectivity index (χ2v) is 10.8. The van der Waals surface area contributed by atoms with Crippen LogP contribution in [0.5, 0.6) is 0 Å². The summed E-state index contributed by atoms with van der Waals surface area (Å²) in [5.41, 5.74) is 0. The molecule has 0 spiro atoms. The highest BCUT2D eigenvalue weighted by molar-refractivity contribution is 6.72. The standard InChI is InChI=1S/C16H31F3O2Si/c1-4-5-6-7-8-9-10-11-12-15(20)21-22(2,3)14-13-16(17,18)19/h4-14H2,1-3H3. The zero-order valence-electron chi connectivity index (χ0n) is 14.2. The van der Waals surface area contributed by atoms with Crippen molar-refractivity contribution in [3.05, 3.63) is 0 Å². The van der Waals surface area contributed by atoms with Gasteiger partial charge in [-0.25, -0.2) is 0 Å². The number of unbranched alkanes of at least 4 members (excludes halogenated alkanes) is 7. The molecule has 0 rings (SSSR count). The summed E-state index contributed by atoms with van der Waals surface area (Å²) < 4.78 is 41.9. The van der Waals surface area contributed by atoms with Crippen molar-refractivity contribution >= 4 is 14.3 Å². The summed E-state index contributed by atoms with van der Waals surface area (Å²) in [5.74, 6) is -0.329. The topological polar surface area (TPSA) is 26.3 Å². The van der Waals surface area contributed by atoms with Crippen molar-refractivity contribution in [3.8, 4) is 0 Å². The van der Waals surface area contributed by atoms with Gasteiger partial charge in [0.05, 0.1) is 0 Å². The molecule has 0 aliphatic carbocycles. The van der Waals surface area contributed by atoms with Crippen LogP contribution in [-0.2, 0) is 9.22 Å². The van der Waals surface area contributed by atoms with E-state index < -0.39 is 20.9 Å². The molecule has 2 nitrogen and oxygen atoms in total. The number of hydrogen-bond donors (Lipinski definition) is 0. The predicted octanol–water partition coefficient (Wildman–Crippen LogP) is 6.22. The molecule has 0 N–H and O–H groups in total. The summed E-state index contributed by atoms with van der Waals surface area (Å²) in [7, 11) is -2.54. The molecular formula is C16H31F3O2Si. The number of carbonyl (C=O) groups is 1. The molecule has 0 unspecified atom stereocenters. The zero-order chi connectivity index (χ0) is 17.1. The Bertz CT molecular complexity index is 304. The molecule has 0 amide bonds. The highest BCUT2D eigenvalue weighted by atomic mass is 28.4. The van der Waals surface area contributed by atoms with E-state index >= 15 is 0 Å². The first kappa shape index (κ1) is 21.5. The second kappa shape index (κ2) is 11.1. The molecule has 0 atom stereocenters. The molecule has 0 aromatic carbocycles. The molecule has 0 aromatic rings. The Balaban J connectivity index is 3.67. The predicted molar refractivity (Wildman–Crippen MR) is 86.3 cm³/mol. The van der Waals surface area contributed by atoms with Crippen molar-refractivity contribution < 1.29 is 22.4 Å². The molecule has 0 aliphatic rings. The highest BCUT2D eigenvalue weighted by Crippen LogP contribution is 2.27. The fourth-order valence-corrected chi connectivity index (χ4v) is 3.96. The van der Waals surface area contributed by atoms with E-state index in [0.717, 1.165) is 19.3 Å². The summed E-state index contributed by atoms with van der Waals surface area (Å²) in [6.45, 7) is 5.53. The molecule has 0 aliphatic heterocycles. The fraction of sp³-hybridized carbons (Fsp3) is 0.938. The van der Waals surface area contributed by atoms with Crippen LogP contribution in [0, 0.1) is 0 Å².